The topological polar surface area (TPSA) is 75.9 Å². The van der Waals surface area contributed by atoms with E-state index >= 15 is 0 Å². The monoisotopic (exact) mass is 318 g/mol. The predicted octanol–water partition coefficient (Wildman–Crippen LogP) is 0.290. The van der Waals surface area contributed by atoms with E-state index in [1.807, 2.05) is 13.8 Å². The van der Waals surface area contributed by atoms with Gasteiger partial charge in [0.25, 0.3) is 5.78 Å². The highest BCUT2D eigenvalue weighted by Gasteiger charge is 2.24. The van der Waals surface area contributed by atoms with E-state index in [2.05, 4.69) is 31.9 Å². The molecule has 3 rings (SSSR count). The van der Waals surface area contributed by atoms with E-state index < -0.39 is 0 Å². The van der Waals surface area contributed by atoms with Gasteiger partial charge in [-0.3, -0.25) is 4.79 Å². The summed E-state index contributed by atoms with van der Waals surface area (Å²) < 4.78 is 6.84. The van der Waals surface area contributed by atoms with Crippen LogP contribution in [0, 0.1) is 6.92 Å². The molecule has 8 nitrogen and oxygen atoms in total. The number of piperazine rings is 1. The number of fused-ring (bicyclic) bond motifs is 1. The van der Waals surface area contributed by atoms with Gasteiger partial charge in [-0.2, -0.15) is 14.6 Å². The molecule has 0 amide bonds. The highest BCUT2D eigenvalue weighted by atomic mass is 16.5. The molecule has 8 heteroatoms. The van der Waals surface area contributed by atoms with Crippen molar-refractivity contribution in [3.05, 3.63) is 17.6 Å². The average molecular weight is 318 g/mol. The van der Waals surface area contributed by atoms with Crippen LogP contribution in [-0.4, -0.2) is 70.3 Å². The first-order valence-electron chi connectivity index (χ1n) is 7.88. The van der Waals surface area contributed by atoms with E-state index in [0.29, 0.717) is 12.4 Å². The van der Waals surface area contributed by atoms with Crippen molar-refractivity contribution in [1.82, 2.24) is 24.5 Å². The van der Waals surface area contributed by atoms with Crippen LogP contribution < -0.4 is 4.90 Å². The van der Waals surface area contributed by atoms with Gasteiger partial charge < -0.3 is 14.5 Å². The summed E-state index contributed by atoms with van der Waals surface area (Å²) in [6.45, 7) is 7.79. The highest BCUT2D eigenvalue weighted by Crippen LogP contribution is 2.25. The number of rotatable bonds is 4. The molecule has 23 heavy (non-hydrogen) atoms. The van der Waals surface area contributed by atoms with Crippen molar-refractivity contribution >= 4 is 17.6 Å². The third-order valence-electron chi connectivity index (χ3n) is 4.13. The first kappa shape index (κ1) is 15.7. The minimum Gasteiger partial charge on any atom is -0.466 e. The van der Waals surface area contributed by atoms with Gasteiger partial charge in [-0.1, -0.05) is 0 Å². The Labute approximate surface area is 135 Å². The van der Waals surface area contributed by atoms with E-state index in [4.69, 9.17) is 4.74 Å². The molecule has 1 fully saturated rings. The van der Waals surface area contributed by atoms with Crippen LogP contribution in [0.25, 0.3) is 5.78 Å². The summed E-state index contributed by atoms with van der Waals surface area (Å²) >= 11 is 0. The van der Waals surface area contributed by atoms with Crippen LogP contribution in [0.2, 0.25) is 0 Å². The maximum absolute atomic E-state index is 12.0. The quantitative estimate of drug-likeness (QED) is 0.750. The van der Waals surface area contributed by atoms with Crippen LogP contribution in [0.3, 0.4) is 0 Å². The highest BCUT2D eigenvalue weighted by molar-refractivity contribution is 5.75. The SMILES string of the molecule is CCOC(=O)Cc1c(C)nc2ncnn2c1N1CCN(C)CC1. The number of likely N-dealkylation sites (N-methyl/N-ethyl adjacent to an activating group) is 1. The van der Waals surface area contributed by atoms with Gasteiger partial charge in [-0.05, 0) is 20.9 Å². The number of esters is 1. The lowest BCUT2D eigenvalue weighted by Gasteiger charge is -2.35. The van der Waals surface area contributed by atoms with Crippen molar-refractivity contribution < 1.29 is 9.53 Å². The van der Waals surface area contributed by atoms with Crippen molar-refractivity contribution in [2.75, 3.05) is 44.7 Å². The van der Waals surface area contributed by atoms with Crippen molar-refractivity contribution in [3.63, 3.8) is 0 Å². The molecular formula is C15H22N6O2. The molecule has 0 unspecified atom stereocenters. The molecule has 0 aliphatic carbocycles. The van der Waals surface area contributed by atoms with Crippen LogP contribution in [0.15, 0.2) is 6.33 Å². The number of ether oxygens (including phenoxy) is 1. The number of aromatic nitrogens is 4. The first-order valence-corrected chi connectivity index (χ1v) is 7.88. The average Bonchev–Trinajstić information content (AvgIpc) is 2.97. The third kappa shape index (κ3) is 3.12. The molecule has 0 N–H and O–H groups in total. The number of hydrogen-bond acceptors (Lipinski definition) is 7. The molecule has 124 valence electrons. The number of anilines is 1. The van der Waals surface area contributed by atoms with Crippen LogP contribution in [-0.2, 0) is 16.0 Å². The summed E-state index contributed by atoms with van der Waals surface area (Å²) in [5.74, 6) is 1.22. The molecule has 0 aromatic carbocycles. The van der Waals surface area contributed by atoms with Gasteiger partial charge in [0.2, 0.25) is 0 Å². The lowest BCUT2D eigenvalue weighted by Crippen LogP contribution is -2.45. The third-order valence-corrected chi connectivity index (χ3v) is 4.13. The fourth-order valence-electron chi connectivity index (χ4n) is 2.87. The standard InChI is InChI=1S/C15H22N6O2/c1-4-23-13(22)9-12-11(2)18-15-16-10-17-21(15)14(12)20-7-5-19(3)6-8-20/h10H,4-9H2,1-3H3. The van der Waals surface area contributed by atoms with E-state index in [-0.39, 0.29) is 12.4 Å². The lowest BCUT2D eigenvalue weighted by molar-refractivity contribution is -0.142. The summed E-state index contributed by atoms with van der Waals surface area (Å²) in [6, 6.07) is 0. The number of aryl methyl sites for hydroxylation is 1. The summed E-state index contributed by atoms with van der Waals surface area (Å²) in [5, 5.41) is 4.30. The Bertz CT molecular complexity index is 705. The van der Waals surface area contributed by atoms with Gasteiger partial charge in [0.1, 0.15) is 12.1 Å². The first-order chi connectivity index (χ1) is 11.1. The van der Waals surface area contributed by atoms with Crippen molar-refractivity contribution in [2.24, 2.45) is 0 Å². The summed E-state index contributed by atoms with van der Waals surface area (Å²) in [5.41, 5.74) is 1.67. The lowest BCUT2D eigenvalue weighted by atomic mass is 10.1. The second kappa shape index (κ2) is 6.49. The molecule has 0 atom stereocenters. The van der Waals surface area contributed by atoms with Crippen LogP contribution >= 0.6 is 0 Å². The Hall–Kier alpha value is -2.22. The minimum atomic E-state index is -0.243. The van der Waals surface area contributed by atoms with E-state index in [1.54, 1.807) is 4.52 Å². The molecular weight excluding hydrogens is 296 g/mol. The smallest absolute Gasteiger partial charge is 0.310 e. The number of hydrogen-bond donors (Lipinski definition) is 0. The minimum absolute atomic E-state index is 0.199. The fourth-order valence-corrected chi connectivity index (χ4v) is 2.87. The number of carbonyl (C=O) groups excluding carboxylic acids is 1. The van der Waals surface area contributed by atoms with Gasteiger partial charge >= 0.3 is 5.97 Å². The zero-order chi connectivity index (χ0) is 16.4. The molecule has 0 bridgehead atoms. The predicted molar refractivity (Wildman–Crippen MR) is 85.6 cm³/mol. The van der Waals surface area contributed by atoms with Crippen molar-refractivity contribution in [2.45, 2.75) is 20.3 Å². The van der Waals surface area contributed by atoms with Crippen molar-refractivity contribution in [1.29, 1.82) is 0 Å². The van der Waals surface area contributed by atoms with Gasteiger partial charge in [0, 0.05) is 37.4 Å². The summed E-state index contributed by atoms with van der Waals surface area (Å²) in [6.07, 6.45) is 1.69. The summed E-state index contributed by atoms with van der Waals surface area (Å²) in [7, 11) is 2.11. The van der Waals surface area contributed by atoms with Gasteiger partial charge in [-0.15, -0.1) is 0 Å². The van der Waals surface area contributed by atoms with Gasteiger partial charge in [0.15, 0.2) is 0 Å². The molecule has 2 aromatic heterocycles. The summed E-state index contributed by atoms with van der Waals surface area (Å²) in [4.78, 5) is 25.2. The Morgan fingerprint density at radius 1 is 1.30 bits per heavy atom. The molecule has 1 aliphatic heterocycles. The molecule has 0 saturated carbocycles. The maximum Gasteiger partial charge on any atom is 0.310 e. The molecule has 1 saturated heterocycles. The molecule has 1 aliphatic rings. The Morgan fingerprint density at radius 2 is 2.04 bits per heavy atom. The zero-order valence-electron chi connectivity index (χ0n) is 13.8. The largest absolute Gasteiger partial charge is 0.466 e. The Morgan fingerprint density at radius 3 is 2.74 bits per heavy atom. The zero-order valence-corrected chi connectivity index (χ0v) is 13.8. The Balaban J connectivity index is 2.04. The molecule has 0 spiro atoms. The molecule has 3 heterocycles. The Kier molecular flexibility index (Phi) is 4.42. The maximum atomic E-state index is 12.0. The van der Waals surface area contributed by atoms with Crippen molar-refractivity contribution in [3.8, 4) is 0 Å². The second-order valence-corrected chi connectivity index (χ2v) is 5.74. The van der Waals surface area contributed by atoms with E-state index in [0.717, 1.165) is 43.3 Å². The van der Waals surface area contributed by atoms with E-state index in [1.165, 1.54) is 6.33 Å². The van der Waals surface area contributed by atoms with Gasteiger partial charge in [-0.25, -0.2) is 4.98 Å². The van der Waals surface area contributed by atoms with Crippen LogP contribution in [0.1, 0.15) is 18.2 Å². The van der Waals surface area contributed by atoms with Crippen LogP contribution in [0.5, 0.6) is 0 Å². The molecule has 2 aromatic rings. The second-order valence-electron chi connectivity index (χ2n) is 5.74. The van der Waals surface area contributed by atoms with Gasteiger partial charge in [0.05, 0.1) is 13.0 Å². The normalized spacial score (nSPS) is 16.0. The van der Waals surface area contributed by atoms with E-state index in [9.17, 15) is 4.79 Å². The van der Waals surface area contributed by atoms with Crippen LogP contribution in [0.4, 0.5) is 5.82 Å². The fraction of sp³-hybridized carbons (Fsp3) is 0.600. The number of nitrogens with zero attached hydrogens (tertiary/aromatic N) is 6. The number of carbonyl (C=O) groups is 1. The molecule has 0 radical (unpaired) electrons.